The molecule has 0 atom stereocenters. The van der Waals surface area contributed by atoms with E-state index in [9.17, 15) is 0 Å². The summed E-state index contributed by atoms with van der Waals surface area (Å²) >= 11 is 1.60. The first kappa shape index (κ1) is 10.3. The van der Waals surface area contributed by atoms with Crippen LogP contribution in [0, 0.1) is 6.92 Å². The van der Waals surface area contributed by atoms with Crippen LogP contribution in [0.25, 0.3) is 21.3 Å². The smallest absolute Gasteiger partial charge is 0.126 e. The molecule has 2 heterocycles. The second-order valence-electron chi connectivity index (χ2n) is 4.05. The first-order chi connectivity index (χ1) is 8.25. The molecule has 3 heteroatoms. The number of hydrogen-bond acceptors (Lipinski definition) is 3. The number of anilines is 1. The van der Waals surface area contributed by atoms with Crippen LogP contribution in [0.4, 0.5) is 5.69 Å². The molecule has 0 aliphatic carbocycles. The third-order valence-corrected chi connectivity index (χ3v) is 3.68. The molecule has 0 saturated carbocycles. The summed E-state index contributed by atoms with van der Waals surface area (Å²) in [5.41, 5.74) is 10.2. The molecule has 3 rings (SSSR count). The zero-order chi connectivity index (χ0) is 11.8. The van der Waals surface area contributed by atoms with Gasteiger partial charge in [0.05, 0.1) is 5.69 Å². The van der Waals surface area contributed by atoms with Crippen molar-refractivity contribution in [2.45, 2.75) is 6.92 Å². The molecular weight excluding hydrogens is 228 g/mol. The fraction of sp³-hybridized carbons (Fsp3) is 0.0714. The number of benzene rings is 1. The van der Waals surface area contributed by atoms with Crippen molar-refractivity contribution in [2.75, 3.05) is 5.73 Å². The topological polar surface area (TPSA) is 38.9 Å². The normalized spacial score (nSPS) is 10.9. The molecule has 0 bridgehead atoms. The predicted molar refractivity (Wildman–Crippen MR) is 74.2 cm³/mol. The summed E-state index contributed by atoms with van der Waals surface area (Å²) < 4.78 is 0. The maximum atomic E-state index is 6.03. The van der Waals surface area contributed by atoms with E-state index in [1.165, 1.54) is 11.1 Å². The van der Waals surface area contributed by atoms with E-state index in [1.54, 1.807) is 11.3 Å². The van der Waals surface area contributed by atoms with Gasteiger partial charge in [0.1, 0.15) is 4.83 Å². The average molecular weight is 240 g/mol. The number of rotatable bonds is 1. The van der Waals surface area contributed by atoms with Crippen LogP contribution in [-0.4, -0.2) is 4.98 Å². The first-order valence-electron chi connectivity index (χ1n) is 5.45. The minimum Gasteiger partial charge on any atom is -0.397 e. The highest BCUT2D eigenvalue weighted by Gasteiger charge is 2.10. The molecule has 17 heavy (non-hydrogen) atoms. The van der Waals surface area contributed by atoms with Gasteiger partial charge in [-0.15, -0.1) is 11.3 Å². The monoisotopic (exact) mass is 240 g/mol. The molecule has 2 nitrogen and oxygen atoms in total. The van der Waals surface area contributed by atoms with Crippen LogP contribution in [0.1, 0.15) is 5.69 Å². The fourth-order valence-corrected chi connectivity index (χ4v) is 2.93. The van der Waals surface area contributed by atoms with E-state index >= 15 is 0 Å². The summed E-state index contributed by atoms with van der Waals surface area (Å²) in [4.78, 5) is 5.54. The van der Waals surface area contributed by atoms with E-state index in [-0.39, 0.29) is 0 Å². The number of thiophene rings is 1. The van der Waals surface area contributed by atoms with E-state index in [4.69, 9.17) is 5.73 Å². The van der Waals surface area contributed by atoms with Gasteiger partial charge in [-0.05, 0) is 24.1 Å². The Bertz CT molecular complexity index is 671. The van der Waals surface area contributed by atoms with Crippen molar-refractivity contribution < 1.29 is 0 Å². The molecule has 0 saturated heterocycles. The molecule has 0 spiro atoms. The van der Waals surface area contributed by atoms with Crippen molar-refractivity contribution in [3.8, 4) is 11.1 Å². The second-order valence-corrected chi connectivity index (χ2v) is 4.91. The Kier molecular flexibility index (Phi) is 2.34. The molecule has 1 aromatic carbocycles. The van der Waals surface area contributed by atoms with Crippen LogP contribution in [-0.2, 0) is 0 Å². The number of aryl methyl sites for hydroxylation is 1. The van der Waals surface area contributed by atoms with E-state index in [2.05, 4.69) is 23.2 Å². The van der Waals surface area contributed by atoms with Crippen LogP contribution in [0.2, 0.25) is 0 Å². The zero-order valence-corrected chi connectivity index (χ0v) is 10.3. The van der Waals surface area contributed by atoms with Gasteiger partial charge in [-0.1, -0.05) is 30.3 Å². The lowest BCUT2D eigenvalue weighted by atomic mass is 10.0. The molecule has 84 valence electrons. The van der Waals surface area contributed by atoms with Crippen molar-refractivity contribution in [1.82, 2.24) is 4.98 Å². The maximum absolute atomic E-state index is 6.03. The zero-order valence-electron chi connectivity index (χ0n) is 9.47. The third kappa shape index (κ3) is 1.68. The van der Waals surface area contributed by atoms with Crippen molar-refractivity contribution in [3.63, 3.8) is 0 Å². The first-order valence-corrected chi connectivity index (χ1v) is 6.33. The highest BCUT2D eigenvalue weighted by atomic mass is 32.1. The Hall–Kier alpha value is -1.87. The number of aromatic nitrogens is 1. The minimum absolute atomic E-state index is 0.816. The molecule has 0 radical (unpaired) electrons. The van der Waals surface area contributed by atoms with E-state index < -0.39 is 0 Å². The molecule has 2 N–H and O–H groups in total. The quantitative estimate of drug-likeness (QED) is 0.701. The van der Waals surface area contributed by atoms with Gasteiger partial charge in [-0.2, -0.15) is 0 Å². The molecule has 3 aromatic rings. The Labute approximate surface area is 104 Å². The molecule has 0 amide bonds. The minimum atomic E-state index is 0.816. The molecule has 0 aliphatic heterocycles. The summed E-state index contributed by atoms with van der Waals surface area (Å²) in [5, 5.41) is 3.04. The van der Waals surface area contributed by atoms with Gasteiger partial charge in [-0.25, -0.2) is 4.98 Å². The molecule has 2 aromatic heterocycles. The Morgan fingerprint density at radius 1 is 1.18 bits per heavy atom. The van der Waals surface area contributed by atoms with Gasteiger partial charge in [0, 0.05) is 16.5 Å². The van der Waals surface area contributed by atoms with E-state index in [1.807, 2.05) is 30.5 Å². The maximum Gasteiger partial charge on any atom is 0.126 e. The lowest BCUT2D eigenvalue weighted by Crippen LogP contribution is -1.88. The molecule has 0 aliphatic rings. The SMILES string of the molecule is Cc1cc(-c2ccccc2)c2c(N)csc2n1. The van der Waals surface area contributed by atoms with Gasteiger partial charge in [0.15, 0.2) is 0 Å². The van der Waals surface area contributed by atoms with Gasteiger partial charge in [0.2, 0.25) is 0 Å². The lowest BCUT2D eigenvalue weighted by molar-refractivity contribution is 1.27. The van der Waals surface area contributed by atoms with Crippen LogP contribution in [0.15, 0.2) is 41.8 Å². The van der Waals surface area contributed by atoms with E-state index in [0.717, 1.165) is 21.6 Å². The second kappa shape index (κ2) is 3.86. The summed E-state index contributed by atoms with van der Waals surface area (Å²) in [6.45, 7) is 2.02. The van der Waals surface area contributed by atoms with Crippen molar-refractivity contribution in [1.29, 1.82) is 0 Å². The van der Waals surface area contributed by atoms with Crippen LogP contribution in [0.3, 0.4) is 0 Å². The number of nitrogens with zero attached hydrogens (tertiary/aromatic N) is 1. The average Bonchev–Trinajstić information content (AvgIpc) is 2.71. The Balaban J connectivity index is 2.39. The molecular formula is C14H12N2S. The van der Waals surface area contributed by atoms with Crippen LogP contribution < -0.4 is 5.73 Å². The molecule has 0 unspecified atom stereocenters. The third-order valence-electron chi connectivity index (χ3n) is 2.79. The van der Waals surface area contributed by atoms with Crippen molar-refractivity contribution >= 4 is 27.2 Å². The largest absolute Gasteiger partial charge is 0.397 e. The predicted octanol–water partition coefficient (Wildman–Crippen LogP) is 3.85. The van der Waals surface area contributed by atoms with Gasteiger partial charge in [-0.3, -0.25) is 0 Å². The van der Waals surface area contributed by atoms with Crippen LogP contribution in [0.5, 0.6) is 0 Å². The number of hydrogen-bond donors (Lipinski definition) is 1. The number of nitrogens with two attached hydrogens (primary N) is 1. The van der Waals surface area contributed by atoms with Crippen molar-refractivity contribution in [2.24, 2.45) is 0 Å². The lowest BCUT2D eigenvalue weighted by Gasteiger charge is -2.05. The van der Waals surface area contributed by atoms with Gasteiger partial charge in [0.25, 0.3) is 0 Å². The number of pyridine rings is 1. The summed E-state index contributed by atoms with van der Waals surface area (Å²) in [6.07, 6.45) is 0. The Morgan fingerprint density at radius 3 is 2.71 bits per heavy atom. The van der Waals surface area contributed by atoms with Gasteiger partial charge < -0.3 is 5.73 Å². The Morgan fingerprint density at radius 2 is 1.94 bits per heavy atom. The fourth-order valence-electron chi connectivity index (χ4n) is 2.03. The highest BCUT2D eigenvalue weighted by molar-refractivity contribution is 7.17. The number of fused-ring (bicyclic) bond motifs is 1. The summed E-state index contributed by atoms with van der Waals surface area (Å²) in [6, 6.07) is 12.4. The van der Waals surface area contributed by atoms with E-state index in [0.29, 0.717) is 0 Å². The summed E-state index contributed by atoms with van der Waals surface area (Å²) in [5.74, 6) is 0. The number of nitrogen functional groups attached to an aromatic ring is 1. The summed E-state index contributed by atoms with van der Waals surface area (Å²) in [7, 11) is 0. The highest BCUT2D eigenvalue weighted by Crippen LogP contribution is 2.35. The van der Waals surface area contributed by atoms with Gasteiger partial charge >= 0.3 is 0 Å². The van der Waals surface area contributed by atoms with Crippen molar-refractivity contribution in [3.05, 3.63) is 47.5 Å². The molecule has 0 fully saturated rings. The standard InChI is InChI=1S/C14H12N2S/c1-9-7-11(10-5-3-2-4-6-10)13-12(15)8-17-14(13)16-9/h2-8H,15H2,1H3. The van der Waals surface area contributed by atoms with Crippen LogP contribution >= 0.6 is 11.3 Å².